The third-order valence-electron chi connectivity index (χ3n) is 3.83. The zero-order chi connectivity index (χ0) is 18.0. The lowest BCUT2D eigenvalue weighted by atomic mass is 10.1. The van der Waals surface area contributed by atoms with Crippen LogP contribution in [0, 0.1) is 13.8 Å². The minimum absolute atomic E-state index is 0.309. The van der Waals surface area contributed by atoms with E-state index in [4.69, 9.17) is 4.42 Å². The van der Waals surface area contributed by atoms with Gasteiger partial charge in [-0.05, 0) is 62.2 Å². The van der Waals surface area contributed by atoms with Crippen molar-refractivity contribution in [3.05, 3.63) is 70.2 Å². The summed E-state index contributed by atoms with van der Waals surface area (Å²) in [5, 5.41) is 7.10. The smallest absolute Gasteiger partial charge is 0.267 e. The van der Waals surface area contributed by atoms with Gasteiger partial charge >= 0.3 is 0 Å². The van der Waals surface area contributed by atoms with Gasteiger partial charge in [-0.1, -0.05) is 6.07 Å². The van der Waals surface area contributed by atoms with Gasteiger partial charge in [-0.25, -0.2) is 4.68 Å². The fourth-order valence-corrected chi connectivity index (χ4v) is 2.66. The number of hydrogen-bond acceptors (Lipinski definition) is 4. The van der Waals surface area contributed by atoms with Crippen molar-refractivity contribution in [2.75, 3.05) is 5.32 Å². The molecule has 0 fully saturated rings. The molecule has 3 aromatic rings. The molecule has 1 unspecified atom stereocenters. The minimum Gasteiger partial charge on any atom is -0.463 e. The summed E-state index contributed by atoms with van der Waals surface area (Å²) in [6, 6.07) is 11.5. The molecule has 1 aromatic carbocycles. The fourth-order valence-electron chi connectivity index (χ4n) is 2.66. The molecule has 128 valence electrons. The average molecular weight is 337 g/mol. The zero-order valence-electron chi connectivity index (χ0n) is 14.3. The lowest BCUT2D eigenvalue weighted by Gasteiger charge is -2.15. The molecule has 2 heterocycles. The molecule has 1 atom stereocenters. The molecule has 0 radical (unpaired) electrons. The summed E-state index contributed by atoms with van der Waals surface area (Å²) in [5.74, 6) is 0.229. The summed E-state index contributed by atoms with van der Waals surface area (Å²) >= 11 is 0. The predicted molar refractivity (Wildman–Crippen MR) is 95.5 cm³/mol. The van der Waals surface area contributed by atoms with E-state index in [9.17, 15) is 9.59 Å². The van der Waals surface area contributed by atoms with Crippen molar-refractivity contribution in [1.29, 1.82) is 0 Å². The van der Waals surface area contributed by atoms with E-state index in [-0.39, 0.29) is 11.5 Å². The van der Waals surface area contributed by atoms with Crippen LogP contribution in [0.25, 0.3) is 11.5 Å². The SMILES string of the molecule is Cc1cc(C)cc(NC(=O)C(C)n2nc(-c3ccco3)ccc2=O)c1. The molecular formula is C19H19N3O3. The van der Waals surface area contributed by atoms with Crippen LogP contribution in [0.5, 0.6) is 0 Å². The molecule has 0 aliphatic carbocycles. The topological polar surface area (TPSA) is 77.1 Å². The number of amides is 1. The van der Waals surface area contributed by atoms with Gasteiger partial charge in [0, 0.05) is 11.8 Å². The van der Waals surface area contributed by atoms with Crippen LogP contribution >= 0.6 is 0 Å². The molecular weight excluding hydrogens is 318 g/mol. The number of benzene rings is 1. The van der Waals surface area contributed by atoms with E-state index >= 15 is 0 Å². The largest absolute Gasteiger partial charge is 0.463 e. The Labute approximate surface area is 145 Å². The molecule has 0 saturated heterocycles. The Morgan fingerprint density at radius 3 is 2.52 bits per heavy atom. The van der Waals surface area contributed by atoms with Crippen LogP contribution in [-0.2, 0) is 4.79 Å². The number of rotatable bonds is 4. The maximum atomic E-state index is 12.6. The van der Waals surface area contributed by atoms with Gasteiger partial charge in [-0.15, -0.1) is 0 Å². The van der Waals surface area contributed by atoms with E-state index in [1.807, 2.05) is 32.0 Å². The first kappa shape index (κ1) is 16.7. The Morgan fingerprint density at radius 2 is 1.88 bits per heavy atom. The maximum Gasteiger partial charge on any atom is 0.267 e. The molecule has 0 saturated carbocycles. The van der Waals surface area contributed by atoms with Gasteiger partial charge in [0.25, 0.3) is 5.56 Å². The van der Waals surface area contributed by atoms with Gasteiger partial charge in [-0.3, -0.25) is 9.59 Å². The van der Waals surface area contributed by atoms with Crippen LogP contribution in [0.15, 0.2) is 57.9 Å². The number of carbonyl (C=O) groups is 1. The second kappa shape index (κ2) is 6.76. The predicted octanol–water partition coefficient (Wildman–Crippen LogP) is 3.32. The third kappa shape index (κ3) is 3.68. The van der Waals surface area contributed by atoms with Crippen LogP contribution < -0.4 is 10.9 Å². The molecule has 0 bridgehead atoms. The molecule has 0 aliphatic heterocycles. The molecule has 25 heavy (non-hydrogen) atoms. The first-order chi connectivity index (χ1) is 11.9. The highest BCUT2D eigenvalue weighted by Crippen LogP contribution is 2.18. The van der Waals surface area contributed by atoms with Crippen molar-refractivity contribution in [2.45, 2.75) is 26.8 Å². The molecule has 0 spiro atoms. The second-order valence-corrected chi connectivity index (χ2v) is 6.02. The summed E-state index contributed by atoms with van der Waals surface area (Å²) in [6.07, 6.45) is 1.53. The number of aromatic nitrogens is 2. The van der Waals surface area contributed by atoms with Crippen molar-refractivity contribution in [2.24, 2.45) is 0 Å². The van der Waals surface area contributed by atoms with Crippen molar-refractivity contribution in [1.82, 2.24) is 9.78 Å². The van der Waals surface area contributed by atoms with E-state index < -0.39 is 6.04 Å². The Morgan fingerprint density at radius 1 is 1.16 bits per heavy atom. The van der Waals surface area contributed by atoms with E-state index in [1.54, 1.807) is 25.1 Å². The van der Waals surface area contributed by atoms with Crippen LogP contribution in [0.3, 0.4) is 0 Å². The van der Waals surface area contributed by atoms with Crippen molar-refractivity contribution < 1.29 is 9.21 Å². The zero-order valence-corrected chi connectivity index (χ0v) is 14.3. The number of aryl methyl sites for hydroxylation is 2. The number of nitrogens with zero attached hydrogens (tertiary/aromatic N) is 2. The van der Waals surface area contributed by atoms with Crippen LogP contribution in [0.2, 0.25) is 0 Å². The summed E-state index contributed by atoms with van der Waals surface area (Å²) in [5.41, 5.74) is 2.95. The highest BCUT2D eigenvalue weighted by atomic mass is 16.3. The highest BCUT2D eigenvalue weighted by Gasteiger charge is 2.19. The molecule has 3 rings (SSSR count). The normalized spacial score (nSPS) is 12.0. The molecule has 6 nitrogen and oxygen atoms in total. The summed E-state index contributed by atoms with van der Waals surface area (Å²) in [4.78, 5) is 24.7. The van der Waals surface area contributed by atoms with Crippen molar-refractivity contribution >= 4 is 11.6 Å². The van der Waals surface area contributed by atoms with Crippen molar-refractivity contribution in [3.8, 4) is 11.5 Å². The molecule has 1 amide bonds. The lowest BCUT2D eigenvalue weighted by Crippen LogP contribution is -2.33. The summed E-state index contributed by atoms with van der Waals surface area (Å²) in [6.45, 7) is 5.56. The first-order valence-corrected chi connectivity index (χ1v) is 7.97. The quantitative estimate of drug-likeness (QED) is 0.792. The van der Waals surface area contributed by atoms with Crippen LogP contribution in [0.4, 0.5) is 5.69 Å². The maximum absolute atomic E-state index is 12.6. The standard InChI is InChI=1S/C19H19N3O3/c1-12-9-13(2)11-15(10-12)20-19(24)14(3)22-18(23)7-6-16(21-22)17-5-4-8-25-17/h4-11,14H,1-3H3,(H,20,24). The van der Waals surface area contributed by atoms with E-state index in [1.165, 1.54) is 12.3 Å². The molecule has 1 N–H and O–H groups in total. The van der Waals surface area contributed by atoms with Gasteiger partial charge in [0.05, 0.1) is 6.26 Å². The number of furan rings is 1. The van der Waals surface area contributed by atoms with Crippen molar-refractivity contribution in [3.63, 3.8) is 0 Å². The van der Waals surface area contributed by atoms with Gasteiger partial charge in [0.2, 0.25) is 5.91 Å². The van der Waals surface area contributed by atoms with Gasteiger partial charge in [0.15, 0.2) is 5.76 Å². The van der Waals surface area contributed by atoms with E-state index in [0.29, 0.717) is 17.1 Å². The third-order valence-corrected chi connectivity index (χ3v) is 3.83. The van der Waals surface area contributed by atoms with Gasteiger partial charge < -0.3 is 9.73 Å². The Hall–Kier alpha value is -3.15. The summed E-state index contributed by atoms with van der Waals surface area (Å²) < 4.78 is 6.46. The number of anilines is 1. The molecule has 2 aromatic heterocycles. The van der Waals surface area contributed by atoms with E-state index in [0.717, 1.165) is 15.8 Å². The van der Waals surface area contributed by atoms with Crippen LogP contribution in [0.1, 0.15) is 24.1 Å². The monoisotopic (exact) mass is 337 g/mol. The number of carbonyl (C=O) groups excluding carboxylic acids is 1. The Kier molecular flexibility index (Phi) is 4.52. The second-order valence-electron chi connectivity index (χ2n) is 6.02. The molecule has 6 heteroatoms. The lowest BCUT2D eigenvalue weighted by molar-refractivity contribution is -0.119. The van der Waals surface area contributed by atoms with Gasteiger partial charge in [-0.2, -0.15) is 5.10 Å². The Balaban J connectivity index is 1.87. The van der Waals surface area contributed by atoms with E-state index in [2.05, 4.69) is 10.4 Å². The highest BCUT2D eigenvalue weighted by molar-refractivity contribution is 5.93. The minimum atomic E-state index is -0.761. The van der Waals surface area contributed by atoms with Gasteiger partial charge in [0.1, 0.15) is 11.7 Å². The fraction of sp³-hybridized carbons (Fsp3) is 0.211. The number of nitrogens with one attached hydrogen (secondary N) is 1. The first-order valence-electron chi connectivity index (χ1n) is 7.97. The molecule has 0 aliphatic rings. The number of hydrogen-bond donors (Lipinski definition) is 1. The Bertz CT molecular complexity index is 938. The van der Waals surface area contributed by atoms with Crippen LogP contribution in [-0.4, -0.2) is 15.7 Å². The summed E-state index contributed by atoms with van der Waals surface area (Å²) in [7, 11) is 0. The average Bonchev–Trinajstić information content (AvgIpc) is 3.08.